The number of nitrogens with zero attached hydrogens (tertiary/aromatic N) is 1. The van der Waals surface area contributed by atoms with Gasteiger partial charge in [-0.2, -0.15) is 0 Å². The average Bonchev–Trinajstić information content (AvgIpc) is 3.21. The summed E-state index contributed by atoms with van der Waals surface area (Å²) < 4.78 is 4.80. The fourth-order valence-electron chi connectivity index (χ4n) is 4.21. The van der Waals surface area contributed by atoms with Gasteiger partial charge in [-0.15, -0.1) is 0 Å². The Morgan fingerprint density at radius 1 is 0.958 bits per heavy atom. The van der Waals surface area contributed by atoms with Gasteiger partial charge in [0, 0.05) is 0 Å². The molecule has 1 aromatic carbocycles. The molecule has 7 heteroatoms. The van der Waals surface area contributed by atoms with Crippen LogP contribution in [0.15, 0.2) is 24.3 Å². The van der Waals surface area contributed by atoms with Gasteiger partial charge in [-0.1, -0.05) is 17.2 Å². The smallest absolute Gasteiger partial charge is 0.339 e. The van der Waals surface area contributed by atoms with Gasteiger partial charge in [0.2, 0.25) is 0 Å². The zero-order chi connectivity index (χ0) is 17.1. The van der Waals surface area contributed by atoms with Gasteiger partial charge in [-0.25, -0.2) is 4.79 Å². The van der Waals surface area contributed by atoms with E-state index in [1.54, 1.807) is 12.1 Å². The number of hydroxylamine groups is 2. The summed E-state index contributed by atoms with van der Waals surface area (Å²) in [5.41, 5.74) is -0.979. The Bertz CT molecular complexity index is 757. The molecule has 24 heavy (non-hydrogen) atoms. The third kappa shape index (κ3) is 1.72. The van der Waals surface area contributed by atoms with Crippen LogP contribution in [-0.2, 0) is 19.2 Å². The molecule has 7 nitrogen and oxygen atoms in total. The molecule has 124 valence electrons. The van der Waals surface area contributed by atoms with Crippen LogP contribution in [-0.4, -0.2) is 35.9 Å². The summed E-state index contributed by atoms with van der Waals surface area (Å²) in [7, 11) is 1.33. The number of amides is 2. The molecule has 2 bridgehead atoms. The molecule has 1 heterocycles. The maximum Gasteiger partial charge on any atom is 0.339 e. The molecule has 0 saturated heterocycles. The number of imide groups is 1. The first-order valence-corrected chi connectivity index (χ1v) is 7.71. The molecule has 0 radical (unpaired) electrons. The summed E-state index contributed by atoms with van der Waals surface area (Å²) in [4.78, 5) is 54.0. The van der Waals surface area contributed by atoms with Gasteiger partial charge in [-0.05, 0) is 37.8 Å². The molecule has 3 saturated carbocycles. The first kappa shape index (κ1) is 14.9. The van der Waals surface area contributed by atoms with Crippen LogP contribution in [0.3, 0.4) is 0 Å². The Balaban J connectivity index is 1.50. The summed E-state index contributed by atoms with van der Waals surface area (Å²) in [5, 5.41) is 0.526. The van der Waals surface area contributed by atoms with Crippen LogP contribution >= 0.6 is 0 Å². The second kappa shape index (κ2) is 4.66. The van der Waals surface area contributed by atoms with Crippen LogP contribution < -0.4 is 0 Å². The minimum absolute atomic E-state index is 0.219. The minimum Gasteiger partial charge on any atom is -0.469 e. The fourth-order valence-corrected chi connectivity index (χ4v) is 4.21. The molecular formula is C17H15NO6. The Kier molecular flexibility index (Phi) is 2.88. The van der Waals surface area contributed by atoms with Gasteiger partial charge in [0.05, 0.1) is 29.1 Å². The van der Waals surface area contributed by atoms with E-state index in [0.29, 0.717) is 30.7 Å². The lowest BCUT2D eigenvalue weighted by Gasteiger charge is -2.43. The SMILES string of the molecule is COC(=O)C12CCC(C(=O)ON3C(=O)c4ccccc4C3=O)(C1)C2. The minimum atomic E-state index is -0.802. The van der Waals surface area contributed by atoms with E-state index in [9.17, 15) is 19.2 Å². The monoisotopic (exact) mass is 329 g/mol. The van der Waals surface area contributed by atoms with Gasteiger partial charge in [0.25, 0.3) is 11.8 Å². The maximum absolute atomic E-state index is 12.5. The van der Waals surface area contributed by atoms with Crippen LogP contribution in [0.25, 0.3) is 0 Å². The molecule has 3 fully saturated rings. The summed E-state index contributed by atoms with van der Waals surface area (Å²) >= 11 is 0. The van der Waals surface area contributed by atoms with Crippen molar-refractivity contribution in [1.29, 1.82) is 0 Å². The van der Waals surface area contributed by atoms with Crippen LogP contribution in [0.4, 0.5) is 0 Å². The van der Waals surface area contributed by atoms with Crippen LogP contribution in [0.5, 0.6) is 0 Å². The molecule has 5 rings (SSSR count). The first-order valence-electron chi connectivity index (χ1n) is 7.71. The summed E-state index contributed by atoms with van der Waals surface area (Å²) in [5.74, 6) is -2.23. The van der Waals surface area contributed by atoms with E-state index in [4.69, 9.17) is 9.57 Å². The molecule has 4 aliphatic rings. The van der Waals surface area contributed by atoms with Crippen LogP contribution in [0, 0.1) is 10.8 Å². The Morgan fingerprint density at radius 3 is 1.96 bits per heavy atom. The number of hydrogen-bond donors (Lipinski definition) is 0. The van der Waals surface area contributed by atoms with Gasteiger partial charge in [0.1, 0.15) is 0 Å². The molecule has 2 amide bonds. The van der Waals surface area contributed by atoms with Gasteiger partial charge < -0.3 is 9.57 Å². The molecule has 3 aliphatic carbocycles. The van der Waals surface area contributed by atoms with Crippen LogP contribution in [0.2, 0.25) is 0 Å². The number of carbonyl (C=O) groups is 4. The van der Waals surface area contributed by atoms with E-state index < -0.39 is 28.6 Å². The average molecular weight is 329 g/mol. The second-order valence-corrected chi connectivity index (χ2v) is 6.73. The normalized spacial score (nSPS) is 30.0. The molecular weight excluding hydrogens is 314 g/mol. The summed E-state index contributed by atoms with van der Waals surface area (Å²) in [6, 6.07) is 6.31. The van der Waals surface area contributed by atoms with Gasteiger partial charge in [0.15, 0.2) is 0 Å². The second-order valence-electron chi connectivity index (χ2n) is 6.73. The number of esters is 1. The highest BCUT2D eigenvalue weighted by Crippen LogP contribution is 2.67. The standard InChI is InChI=1S/C17H15NO6/c1-23-14(21)16-6-7-17(8-16,9-16)15(22)24-18-12(19)10-4-2-3-5-11(10)13(18)20/h2-5H,6-9H2,1H3. The van der Waals surface area contributed by atoms with Gasteiger partial charge >= 0.3 is 11.9 Å². The van der Waals surface area contributed by atoms with Crippen LogP contribution in [0.1, 0.15) is 46.4 Å². The number of carbonyl (C=O) groups excluding carboxylic acids is 4. The third-order valence-corrected chi connectivity index (χ3v) is 5.42. The van der Waals surface area contributed by atoms with Gasteiger partial charge in [-0.3, -0.25) is 14.4 Å². The van der Waals surface area contributed by atoms with Crippen molar-refractivity contribution in [2.24, 2.45) is 10.8 Å². The topological polar surface area (TPSA) is 90.0 Å². The predicted octanol–water partition coefficient (Wildman–Crippen LogP) is 1.47. The van der Waals surface area contributed by atoms with Crippen molar-refractivity contribution in [2.75, 3.05) is 7.11 Å². The van der Waals surface area contributed by atoms with E-state index in [1.165, 1.54) is 19.2 Å². The molecule has 1 aliphatic heterocycles. The Labute approximate surface area is 137 Å². The van der Waals surface area contributed by atoms with Crippen molar-refractivity contribution in [3.63, 3.8) is 0 Å². The molecule has 0 N–H and O–H groups in total. The lowest BCUT2D eigenvalue weighted by Crippen LogP contribution is -2.50. The number of rotatable bonds is 3. The van der Waals surface area contributed by atoms with E-state index in [1.807, 2.05) is 0 Å². The highest BCUT2D eigenvalue weighted by molar-refractivity contribution is 6.21. The molecule has 0 atom stereocenters. The van der Waals surface area contributed by atoms with E-state index in [0.717, 1.165) is 0 Å². The maximum atomic E-state index is 12.5. The summed E-state index contributed by atoms with van der Waals surface area (Å²) in [6.07, 6.45) is 1.73. The largest absolute Gasteiger partial charge is 0.469 e. The van der Waals surface area contributed by atoms with Crippen molar-refractivity contribution >= 4 is 23.8 Å². The quantitative estimate of drug-likeness (QED) is 0.616. The predicted molar refractivity (Wildman–Crippen MR) is 78.4 cm³/mol. The van der Waals surface area contributed by atoms with E-state index >= 15 is 0 Å². The highest BCUT2D eigenvalue weighted by Gasteiger charge is 2.69. The zero-order valence-corrected chi connectivity index (χ0v) is 13.0. The van der Waals surface area contributed by atoms with Crippen molar-refractivity contribution in [3.05, 3.63) is 35.4 Å². The Hall–Kier alpha value is -2.70. The number of ether oxygens (including phenoxy) is 1. The third-order valence-electron chi connectivity index (χ3n) is 5.42. The molecule has 0 spiro atoms. The number of methoxy groups -OCH3 is 1. The molecule has 0 aromatic heterocycles. The lowest BCUT2D eigenvalue weighted by molar-refractivity contribution is -0.192. The molecule has 1 aromatic rings. The van der Waals surface area contributed by atoms with Crippen molar-refractivity contribution in [2.45, 2.75) is 25.7 Å². The first-order chi connectivity index (χ1) is 11.4. The lowest BCUT2D eigenvalue weighted by atomic mass is 9.60. The fraction of sp³-hybridized carbons (Fsp3) is 0.412. The van der Waals surface area contributed by atoms with Crippen molar-refractivity contribution in [1.82, 2.24) is 5.06 Å². The number of hydrogen-bond acceptors (Lipinski definition) is 6. The number of benzene rings is 1. The van der Waals surface area contributed by atoms with Crippen molar-refractivity contribution < 1.29 is 28.8 Å². The van der Waals surface area contributed by atoms with E-state index in [-0.39, 0.29) is 17.1 Å². The Morgan fingerprint density at radius 2 is 1.46 bits per heavy atom. The summed E-state index contributed by atoms with van der Waals surface area (Å²) in [6.45, 7) is 0. The van der Waals surface area contributed by atoms with E-state index in [2.05, 4.69) is 0 Å². The number of fused-ring (bicyclic) bond motifs is 2. The molecule has 0 unspecified atom stereocenters. The highest BCUT2D eigenvalue weighted by atomic mass is 16.7. The zero-order valence-electron chi connectivity index (χ0n) is 13.0. The van der Waals surface area contributed by atoms with Crippen molar-refractivity contribution in [3.8, 4) is 0 Å².